The van der Waals surface area contributed by atoms with Gasteiger partial charge in [-0.25, -0.2) is 4.79 Å². The van der Waals surface area contributed by atoms with E-state index in [9.17, 15) is 15.0 Å². The Bertz CT molecular complexity index is 406. The molecule has 0 aliphatic carbocycles. The summed E-state index contributed by atoms with van der Waals surface area (Å²) in [4.78, 5) is 14.2. The third-order valence-corrected chi connectivity index (χ3v) is 2.77. The van der Waals surface area contributed by atoms with Crippen LogP contribution in [0.25, 0.3) is 0 Å². The molecule has 7 heteroatoms. The van der Waals surface area contributed by atoms with Gasteiger partial charge in [0, 0.05) is 12.3 Å². The molecular formula is C11H17NO5S. The fourth-order valence-corrected chi connectivity index (χ4v) is 1.77. The lowest BCUT2D eigenvalue weighted by atomic mass is 10.1. The summed E-state index contributed by atoms with van der Waals surface area (Å²) in [5.74, 6) is -0.547. The van der Waals surface area contributed by atoms with E-state index < -0.39 is 18.2 Å². The Kier molecular flexibility index (Phi) is 5.67. The van der Waals surface area contributed by atoms with Gasteiger partial charge in [0.2, 0.25) is 0 Å². The number of nitrogens with one attached hydrogen (secondary N) is 1. The molecule has 4 N–H and O–H groups in total. The Morgan fingerprint density at radius 2 is 2.22 bits per heavy atom. The van der Waals surface area contributed by atoms with E-state index in [4.69, 9.17) is 9.84 Å². The predicted octanol–water partition coefficient (Wildman–Crippen LogP) is 0.257. The second-order valence-corrected chi connectivity index (χ2v) is 4.18. The lowest BCUT2D eigenvalue weighted by Crippen LogP contribution is -2.19. The molecule has 1 aromatic heterocycles. The van der Waals surface area contributed by atoms with Crippen molar-refractivity contribution in [3.8, 4) is 0 Å². The van der Waals surface area contributed by atoms with Crippen LogP contribution in [0.2, 0.25) is 0 Å². The molecule has 0 radical (unpaired) electrons. The molecule has 0 aromatic carbocycles. The summed E-state index contributed by atoms with van der Waals surface area (Å²) >= 11 is 4.07. The number of aromatic amines is 1. The van der Waals surface area contributed by atoms with Gasteiger partial charge >= 0.3 is 5.97 Å². The third kappa shape index (κ3) is 3.49. The first kappa shape index (κ1) is 15.0. The van der Waals surface area contributed by atoms with Crippen molar-refractivity contribution < 1.29 is 24.9 Å². The Balaban J connectivity index is 2.86. The van der Waals surface area contributed by atoms with E-state index in [2.05, 4.69) is 17.6 Å². The van der Waals surface area contributed by atoms with Crippen LogP contribution in [0.15, 0.2) is 11.1 Å². The van der Waals surface area contributed by atoms with Gasteiger partial charge in [0.1, 0.15) is 6.10 Å². The Morgan fingerprint density at radius 1 is 1.56 bits per heavy atom. The van der Waals surface area contributed by atoms with Gasteiger partial charge < -0.3 is 25.0 Å². The van der Waals surface area contributed by atoms with E-state index in [1.807, 2.05) is 0 Å². The average molecular weight is 275 g/mol. The average Bonchev–Trinajstić information content (AvgIpc) is 2.71. The standard InChI is InChI=1S/C11H17NO5S/c1-2-17-11(16)6-5-7(12-10(6)18)9(15)8(14)3-4-13/h5,8-9,12-15,18H,2-4H2,1H3. The van der Waals surface area contributed by atoms with Gasteiger partial charge in [0.25, 0.3) is 0 Å². The van der Waals surface area contributed by atoms with Crippen molar-refractivity contribution in [2.45, 2.75) is 30.6 Å². The highest BCUT2D eigenvalue weighted by Gasteiger charge is 2.23. The van der Waals surface area contributed by atoms with Gasteiger partial charge in [0.15, 0.2) is 0 Å². The zero-order chi connectivity index (χ0) is 13.7. The number of carbonyl (C=O) groups excluding carboxylic acids is 1. The van der Waals surface area contributed by atoms with Crippen molar-refractivity contribution in [1.82, 2.24) is 4.98 Å². The SMILES string of the molecule is CCOC(=O)c1cc(C(O)C(O)CCO)[nH]c1S. The summed E-state index contributed by atoms with van der Waals surface area (Å²) in [5.41, 5.74) is 0.453. The second kappa shape index (κ2) is 6.79. The fraction of sp³-hybridized carbons (Fsp3) is 0.545. The minimum absolute atomic E-state index is 0.0385. The summed E-state index contributed by atoms with van der Waals surface area (Å²) in [5, 5.41) is 28.3. The van der Waals surface area contributed by atoms with Gasteiger partial charge in [-0.3, -0.25) is 0 Å². The Hall–Kier alpha value is -1.02. The zero-order valence-electron chi connectivity index (χ0n) is 9.96. The van der Waals surface area contributed by atoms with E-state index in [-0.39, 0.29) is 35.9 Å². The van der Waals surface area contributed by atoms with E-state index in [1.165, 1.54) is 6.07 Å². The van der Waals surface area contributed by atoms with Crippen LogP contribution in [0, 0.1) is 0 Å². The summed E-state index contributed by atoms with van der Waals surface area (Å²) in [7, 11) is 0. The normalized spacial score (nSPS) is 14.3. The van der Waals surface area contributed by atoms with E-state index in [0.717, 1.165) is 0 Å². The fourth-order valence-electron chi connectivity index (χ4n) is 1.49. The summed E-state index contributed by atoms with van der Waals surface area (Å²) < 4.78 is 4.82. The first-order chi connectivity index (χ1) is 8.51. The van der Waals surface area contributed by atoms with Crippen molar-refractivity contribution >= 4 is 18.6 Å². The van der Waals surface area contributed by atoms with Gasteiger partial charge in [-0.1, -0.05) is 0 Å². The monoisotopic (exact) mass is 275 g/mol. The number of thiol groups is 1. The number of aromatic nitrogens is 1. The second-order valence-electron chi connectivity index (χ2n) is 3.73. The van der Waals surface area contributed by atoms with Crippen LogP contribution < -0.4 is 0 Å². The van der Waals surface area contributed by atoms with E-state index >= 15 is 0 Å². The molecule has 0 amide bonds. The van der Waals surface area contributed by atoms with Crippen LogP contribution in [0.3, 0.4) is 0 Å². The topological polar surface area (TPSA) is 103 Å². The molecule has 0 bridgehead atoms. The summed E-state index contributed by atoms with van der Waals surface area (Å²) in [6.07, 6.45) is -2.29. The summed E-state index contributed by atoms with van der Waals surface area (Å²) in [6.45, 7) is 1.68. The quantitative estimate of drug-likeness (QED) is 0.378. The Morgan fingerprint density at radius 3 is 2.78 bits per heavy atom. The number of ether oxygens (including phenoxy) is 1. The minimum Gasteiger partial charge on any atom is -0.462 e. The van der Waals surface area contributed by atoms with Crippen molar-refractivity contribution in [2.24, 2.45) is 0 Å². The van der Waals surface area contributed by atoms with Gasteiger partial charge in [0.05, 0.1) is 23.3 Å². The molecule has 1 aromatic rings. The molecule has 0 spiro atoms. The lowest BCUT2D eigenvalue weighted by Gasteiger charge is -2.15. The van der Waals surface area contributed by atoms with Gasteiger partial charge in [-0.15, -0.1) is 12.6 Å². The number of esters is 1. The molecule has 0 saturated heterocycles. The van der Waals surface area contributed by atoms with E-state index in [0.29, 0.717) is 0 Å². The molecule has 0 saturated carbocycles. The van der Waals surface area contributed by atoms with Crippen molar-refractivity contribution in [3.63, 3.8) is 0 Å². The van der Waals surface area contributed by atoms with Crippen LogP contribution in [-0.4, -0.2) is 45.6 Å². The molecule has 2 atom stereocenters. The number of aliphatic hydroxyl groups excluding tert-OH is 3. The van der Waals surface area contributed by atoms with Crippen LogP contribution >= 0.6 is 12.6 Å². The number of hydrogen-bond donors (Lipinski definition) is 5. The molecule has 0 fully saturated rings. The number of carbonyl (C=O) groups is 1. The third-order valence-electron chi connectivity index (χ3n) is 2.42. The van der Waals surface area contributed by atoms with Crippen molar-refractivity contribution in [2.75, 3.05) is 13.2 Å². The first-order valence-electron chi connectivity index (χ1n) is 5.57. The molecule has 18 heavy (non-hydrogen) atoms. The Labute approximate surface area is 110 Å². The number of rotatable bonds is 6. The number of hydrogen-bond acceptors (Lipinski definition) is 6. The highest BCUT2D eigenvalue weighted by Crippen LogP contribution is 2.23. The highest BCUT2D eigenvalue weighted by molar-refractivity contribution is 7.80. The van der Waals surface area contributed by atoms with Crippen LogP contribution in [0.4, 0.5) is 0 Å². The van der Waals surface area contributed by atoms with Crippen molar-refractivity contribution in [1.29, 1.82) is 0 Å². The lowest BCUT2D eigenvalue weighted by molar-refractivity contribution is 0.00199. The molecule has 6 nitrogen and oxygen atoms in total. The van der Waals surface area contributed by atoms with E-state index in [1.54, 1.807) is 6.92 Å². The van der Waals surface area contributed by atoms with Crippen LogP contribution in [-0.2, 0) is 4.74 Å². The molecule has 1 rings (SSSR count). The maximum atomic E-state index is 11.5. The minimum atomic E-state index is -1.22. The molecule has 2 unspecified atom stereocenters. The van der Waals surface area contributed by atoms with Gasteiger partial charge in [-0.05, 0) is 19.4 Å². The molecule has 0 aliphatic heterocycles. The largest absolute Gasteiger partial charge is 0.462 e. The van der Waals surface area contributed by atoms with Crippen molar-refractivity contribution in [3.05, 3.63) is 17.3 Å². The molecule has 0 aliphatic rings. The number of H-pyrrole nitrogens is 1. The van der Waals surface area contributed by atoms with Crippen LogP contribution in [0.1, 0.15) is 35.5 Å². The zero-order valence-corrected chi connectivity index (χ0v) is 10.9. The van der Waals surface area contributed by atoms with Crippen LogP contribution in [0.5, 0.6) is 0 Å². The predicted molar refractivity (Wildman–Crippen MR) is 66.7 cm³/mol. The smallest absolute Gasteiger partial charge is 0.340 e. The summed E-state index contributed by atoms with van der Waals surface area (Å²) in [6, 6.07) is 1.38. The molecule has 1 heterocycles. The maximum Gasteiger partial charge on any atom is 0.340 e. The number of aliphatic hydroxyl groups is 3. The highest BCUT2D eigenvalue weighted by atomic mass is 32.1. The first-order valence-corrected chi connectivity index (χ1v) is 6.02. The molecule has 102 valence electrons. The molecular weight excluding hydrogens is 258 g/mol. The maximum absolute atomic E-state index is 11.5. The van der Waals surface area contributed by atoms with Gasteiger partial charge in [-0.2, -0.15) is 0 Å².